The zero-order valence-electron chi connectivity index (χ0n) is 12.6. The molecule has 0 spiro atoms. The smallest absolute Gasteiger partial charge is 0.161 e. The van der Waals surface area contributed by atoms with Crippen LogP contribution in [-0.2, 0) is 6.54 Å². The van der Waals surface area contributed by atoms with Gasteiger partial charge in [-0.15, -0.1) is 0 Å². The largest absolute Gasteiger partial charge is 0.490 e. The monoisotopic (exact) mass is 274 g/mol. The first kappa shape index (κ1) is 14.4. The van der Waals surface area contributed by atoms with Gasteiger partial charge in [0.25, 0.3) is 0 Å². The van der Waals surface area contributed by atoms with E-state index in [2.05, 4.69) is 16.5 Å². The topological polar surface area (TPSA) is 36.3 Å². The molecule has 0 amide bonds. The molecule has 0 radical (unpaired) electrons. The Labute approximate surface area is 120 Å². The fraction of sp³-hybridized carbons (Fsp3) is 0.438. The van der Waals surface area contributed by atoms with Gasteiger partial charge in [-0.3, -0.25) is 0 Å². The van der Waals surface area contributed by atoms with Gasteiger partial charge in [-0.1, -0.05) is 0 Å². The predicted molar refractivity (Wildman–Crippen MR) is 80.3 cm³/mol. The number of hydrogen-bond acceptors (Lipinski definition) is 3. The average molecular weight is 274 g/mol. The molecule has 2 aromatic rings. The molecule has 0 bridgehead atoms. The molecule has 0 aliphatic heterocycles. The van der Waals surface area contributed by atoms with Crippen LogP contribution >= 0.6 is 0 Å². The molecular formula is C16H22N2O2. The summed E-state index contributed by atoms with van der Waals surface area (Å²) in [5.41, 5.74) is 1.04. The molecule has 1 aromatic carbocycles. The Balaban J connectivity index is 2.39. The van der Waals surface area contributed by atoms with Crippen LogP contribution in [0.25, 0.3) is 11.4 Å². The average Bonchev–Trinajstić information content (AvgIpc) is 2.89. The Morgan fingerprint density at radius 2 is 2.00 bits per heavy atom. The third-order valence-electron chi connectivity index (χ3n) is 2.92. The van der Waals surface area contributed by atoms with Crippen molar-refractivity contribution in [1.82, 2.24) is 9.55 Å². The lowest BCUT2D eigenvalue weighted by atomic mass is 10.2. The fourth-order valence-corrected chi connectivity index (χ4v) is 2.09. The zero-order chi connectivity index (χ0) is 14.5. The quantitative estimate of drug-likeness (QED) is 0.804. The van der Waals surface area contributed by atoms with Crippen molar-refractivity contribution in [3.63, 3.8) is 0 Å². The van der Waals surface area contributed by atoms with E-state index < -0.39 is 0 Å². The summed E-state index contributed by atoms with van der Waals surface area (Å²) < 4.78 is 13.6. The lowest BCUT2D eigenvalue weighted by Gasteiger charge is -2.15. The summed E-state index contributed by atoms with van der Waals surface area (Å²) in [4.78, 5) is 4.42. The molecule has 108 valence electrons. The molecule has 0 aliphatic carbocycles. The van der Waals surface area contributed by atoms with Crippen molar-refractivity contribution in [3.05, 3.63) is 30.6 Å². The molecule has 0 saturated heterocycles. The van der Waals surface area contributed by atoms with Crippen LogP contribution in [0.4, 0.5) is 0 Å². The predicted octanol–water partition coefficient (Wildman–Crippen LogP) is 3.76. The summed E-state index contributed by atoms with van der Waals surface area (Å²) in [7, 11) is 0. The summed E-state index contributed by atoms with van der Waals surface area (Å²) in [6, 6.07) is 5.97. The molecule has 0 aliphatic rings. The van der Waals surface area contributed by atoms with E-state index in [1.807, 2.05) is 51.4 Å². The normalized spacial score (nSPS) is 10.8. The second kappa shape index (κ2) is 6.46. The maximum Gasteiger partial charge on any atom is 0.161 e. The van der Waals surface area contributed by atoms with E-state index in [0.717, 1.165) is 29.4 Å². The van der Waals surface area contributed by atoms with Crippen LogP contribution in [0.5, 0.6) is 11.5 Å². The first-order chi connectivity index (χ1) is 9.65. The molecule has 0 unspecified atom stereocenters. The van der Waals surface area contributed by atoms with Crippen molar-refractivity contribution in [2.45, 2.75) is 40.3 Å². The van der Waals surface area contributed by atoms with E-state index in [1.165, 1.54) is 0 Å². The van der Waals surface area contributed by atoms with Gasteiger partial charge in [0.05, 0.1) is 12.7 Å². The highest BCUT2D eigenvalue weighted by atomic mass is 16.5. The molecule has 0 atom stereocenters. The minimum Gasteiger partial charge on any atom is -0.490 e. The second-order valence-corrected chi connectivity index (χ2v) is 4.80. The molecular weight excluding hydrogens is 252 g/mol. The minimum absolute atomic E-state index is 0.123. The Morgan fingerprint density at radius 3 is 2.65 bits per heavy atom. The fourth-order valence-electron chi connectivity index (χ4n) is 2.09. The van der Waals surface area contributed by atoms with E-state index in [4.69, 9.17) is 9.47 Å². The van der Waals surface area contributed by atoms with Crippen molar-refractivity contribution in [2.24, 2.45) is 0 Å². The molecule has 20 heavy (non-hydrogen) atoms. The van der Waals surface area contributed by atoms with E-state index >= 15 is 0 Å². The molecule has 0 saturated carbocycles. The van der Waals surface area contributed by atoms with Crippen LogP contribution in [0, 0.1) is 0 Å². The van der Waals surface area contributed by atoms with Gasteiger partial charge in [0.1, 0.15) is 5.82 Å². The third-order valence-corrected chi connectivity index (χ3v) is 2.92. The van der Waals surface area contributed by atoms with Crippen LogP contribution in [0.1, 0.15) is 27.7 Å². The molecule has 1 heterocycles. The van der Waals surface area contributed by atoms with Crippen molar-refractivity contribution in [3.8, 4) is 22.9 Å². The van der Waals surface area contributed by atoms with Crippen molar-refractivity contribution < 1.29 is 9.47 Å². The van der Waals surface area contributed by atoms with Gasteiger partial charge >= 0.3 is 0 Å². The minimum atomic E-state index is 0.123. The molecule has 1 aromatic heterocycles. The van der Waals surface area contributed by atoms with Gasteiger partial charge in [0.2, 0.25) is 0 Å². The zero-order valence-corrected chi connectivity index (χ0v) is 12.6. The molecule has 4 heteroatoms. The first-order valence-corrected chi connectivity index (χ1v) is 7.10. The van der Waals surface area contributed by atoms with Crippen molar-refractivity contribution >= 4 is 0 Å². The van der Waals surface area contributed by atoms with Crippen LogP contribution in [0.15, 0.2) is 30.6 Å². The highest BCUT2D eigenvalue weighted by Crippen LogP contribution is 2.33. The number of rotatable bonds is 6. The van der Waals surface area contributed by atoms with E-state index in [9.17, 15) is 0 Å². The standard InChI is InChI=1S/C16H22N2O2/c1-5-18-10-9-17-16(18)13-7-8-14(20-12(3)4)15(11-13)19-6-2/h7-12H,5-6H2,1-4H3. The Hall–Kier alpha value is -1.97. The highest BCUT2D eigenvalue weighted by molar-refractivity contribution is 5.61. The van der Waals surface area contributed by atoms with Gasteiger partial charge in [0, 0.05) is 24.5 Å². The number of aryl methyl sites for hydroxylation is 1. The molecule has 0 fully saturated rings. The van der Waals surface area contributed by atoms with Crippen molar-refractivity contribution in [1.29, 1.82) is 0 Å². The van der Waals surface area contributed by atoms with Crippen LogP contribution < -0.4 is 9.47 Å². The second-order valence-electron chi connectivity index (χ2n) is 4.80. The Morgan fingerprint density at radius 1 is 1.20 bits per heavy atom. The van der Waals surface area contributed by atoms with Crippen LogP contribution in [-0.4, -0.2) is 22.3 Å². The van der Waals surface area contributed by atoms with Crippen LogP contribution in [0.2, 0.25) is 0 Å². The van der Waals surface area contributed by atoms with Crippen LogP contribution in [0.3, 0.4) is 0 Å². The third kappa shape index (κ3) is 3.13. The van der Waals surface area contributed by atoms with Gasteiger partial charge in [0.15, 0.2) is 11.5 Å². The summed E-state index contributed by atoms with van der Waals surface area (Å²) in [6.07, 6.45) is 3.92. The first-order valence-electron chi connectivity index (χ1n) is 7.10. The molecule has 2 rings (SSSR count). The summed E-state index contributed by atoms with van der Waals surface area (Å²) in [6.45, 7) is 9.59. The number of hydrogen-bond donors (Lipinski definition) is 0. The maximum atomic E-state index is 5.77. The molecule has 4 nitrogen and oxygen atoms in total. The van der Waals surface area contributed by atoms with Gasteiger partial charge in [-0.2, -0.15) is 0 Å². The number of nitrogens with zero attached hydrogens (tertiary/aromatic N) is 2. The van der Waals surface area contributed by atoms with Gasteiger partial charge in [-0.05, 0) is 45.9 Å². The number of aromatic nitrogens is 2. The van der Waals surface area contributed by atoms with Crippen molar-refractivity contribution in [2.75, 3.05) is 6.61 Å². The lowest BCUT2D eigenvalue weighted by Crippen LogP contribution is -2.07. The van der Waals surface area contributed by atoms with E-state index in [-0.39, 0.29) is 6.10 Å². The van der Waals surface area contributed by atoms with E-state index in [0.29, 0.717) is 6.61 Å². The van der Waals surface area contributed by atoms with Gasteiger partial charge in [-0.25, -0.2) is 4.98 Å². The highest BCUT2D eigenvalue weighted by Gasteiger charge is 2.11. The number of benzene rings is 1. The summed E-state index contributed by atoms with van der Waals surface area (Å²) in [5.74, 6) is 2.49. The maximum absolute atomic E-state index is 5.77. The Kier molecular flexibility index (Phi) is 4.66. The number of imidazole rings is 1. The van der Waals surface area contributed by atoms with Gasteiger partial charge < -0.3 is 14.0 Å². The summed E-state index contributed by atoms with van der Waals surface area (Å²) >= 11 is 0. The van der Waals surface area contributed by atoms with E-state index in [1.54, 1.807) is 0 Å². The summed E-state index contributed by atoms with van der Waals surface area (Å²) in [5, 5.41) is 0. The lowest BCUT2D eigenvalue weighted by molar-refractivity contribution is 0.224. The Bertz CT molecular complexity index is 561. The number of ether oxygens (including phenoxy) is 2. The SMILES string of the molecule is CCOc1cc(-c2nccn2CC)ccc1OC(C)C. The molecule has 0 N–H and O–H groups in total.